The molecule has 22 heavy (non-hydrogen) atoms. The molecule has 1 aliphatic rings. The summed E-state index contributed by atoms with van der Waals surface area (Å²) in [6.45, 7) is 0. The Morgan fingerprint density at radius 2 is 2.14 bits per heavy atom. The predicted molar refractivity (Wildman–Crippen MR) is 87.1 cm³/mol. The molecule has 0 unspecified atom stereocenters. The average molecular weight is 322 g/mol. The third kappa shape index (κ3) is 4.39. The van der Waals surface area contributed by atoms with Gasteiger partial charge < -0.3 is 15.3 Å². The van der Waals surface area contributed by atoms with Crippen LogP contribution in [0.2, 0.25) is 0 Å². The Bertz CT molecular complexity index is 574. The van der Waals surface area contributed by atoms with E-state index in [1.165, 1.54) is 11.8 Å². The number of hydrogen-bond acceptors (Lipinski definition) is 6. The molecule has 1 aromatic carbocycles. The summed E-state index contributed by atoms with van der Waals surface area (Å²) in [4.78, 5) is 24.2. The van der Waals surface area contributed by atoms with Crippen molar-refractivity contribution >= 4 is 35.5 Å². The van der Waals surface area contributed by atoms with Gasteiger partial charge in [0.1, 0.15) is 0 Å². The van der Waals surface area contributed by atoms with Gasteiger partial charge in [-0.2, -0.15) is 5.10 Å². The number of nitrogens with one attached hydrogen (secondary N) is 2. The molecule has 1 aliphatic heterocycles. The molecule has 0 saturated carbocycles. The predicted octanol–water partition coefficient (Wildman–Crippen LogP) is 0.666. The van der Waals surface area contributed by atoms with Crippen LogP contribution in [-0.4, -0.2) is 48.0 Å². The number of carboxylic acid groups (broad SMARTS) is 1. The van der Waals surface area contributed by atoms with Crippen molar-refractivity contribution in [3.63, 3.8) is 0 Å². The molecule has 8 heteroatoms. The van der Waals surface area contributed by atoms with Crippen molar-refractivity contribution in [3.05, 3.63) is 29.8 Å². The van der Waals surface area contributed by atoms with Gasteiger partial charge in [0.15, 0.2) is 5.50 Å². The minimum atomic E-state index is -0.988. The van der Waals surface area contributed by atoms with E-state index >= 15 is 0 Å². The van der Waals surface area contributed by atoms with Gasteiger partial charge in [-0.1, -0.05) is 12.1 Å². The molecule has 0 radical (unpaired) electrons. The van der Waals surface area contributed by atoms with Crippen molar-refractivity contribution in [2.24, 2.45) is 5.10 Å². The maximum atomic E-state index is 11.6. The van der Waals surface area contributed by atoms with E-state index in [0.29, 0.717) is 0 Å². The highest BCUT2D eigenvalue weighted by atomic mass is 32.2. The maximum absolute atomic E-state index is 11.6. The second-order valence-corrected chi connectivity index (χ2v) is 6.30. The molecule has 3 N–H and O–H groups in total. The van der Waals surface area contributed by atoms with E-state index in [9.17, 15) is 9.59 Å². The van der Waals surface area contributed by atoms with Crippen LogP contribution in [0.4, 0.5) is 5.69 Å². The van der Waals surface area contributed by atoms with E-state index in [-0.39, 0.29) is 12.3 Å². The van der Waals surface area contributed by atoms with Crippen LogP contribution in [0.3, 0.4) is 0 Å². The van der Waals surface area contributed by atoms with Crippen molar-refractivity contribution in [3.8, 4) is 0 Å². The van der Waals surface area contributed by atoms with E-state index in [4.69, 9.17) is 5.11 Å². The molecule has 0 aromatic heterocycles. The number of carboxylic acids is 1. The molecule has 0 spiro atoms. The summed E-state index contributed by atoms with van der Waals surface area (Å²) >= 11 is 1.22. The number of rotatable bonds is 6. The summed E-state index contributed by atoms with van der Waals surface area (Å²) in [5.74, 6) is -1.27. The summed E-state index contributed by atoms with van der Waals surface area (Å²) in [5, 5.41) is 14.9. The van der Waals surface area contributed by atoms with E-state index < -0.39 is 16.7 Å². The number of carbonyl (C=O) groups excluding carboxylic acids is 1. The van der Waals surface area contributed by atoms with Gasteiger partial charge in [0.25, 0.3) is 0 Å². The average Bonchev–Trinajstić information content (AvgIpc) is 2.79. The molecular weight excluding hydrogens is 304 g/mol. The fourth-order valence-corrected chi connectivity index (χ4v) is 2.95. The van der Waals surface area contributed by atoms with Gasteiger partial charge in [-0.05, 0) is 17.7 Å². The standard InChI is InChI=1S/C14H18N4O3S/c1-18(2)10-5-3-9(4-6-10)8-15-17-14-16-13(21)11(22-14)7-12(19)20/h3-6,8,11,14,17H,7H2,1-2H3,(H,16,21)(H,19,20)/b15-8-/t11-,14+/m1/s1. The lowest BCUT2D eigenvalue weighted by atomic mass is 10.2. The highest BCUT2D eigenvalue weighted by Gasteiger charge is 2.33. The van der Waals surface area contributed by atoms with Crippen LogP contribution in [0.1, 0.15) is 12.0 Å². The van der Waals surface area contributed by atoms with Crippen molar-refractivity contribution in [1.29, 1.82) is 0 Å². The molecule has 0 bridgehead atoms. The van der Waals surface area contributed by atoms with Crippen LogP contribution in [0, 0.1) is 0 Å². The zero-order valence-corrected chi connectivity index (χ0v) is 13.1. The molecule has 1 heterocycles. The number of aliphatic carboxylic acids is 1. The first-order valence-electron chi connectivity index (χ1n) is 6.69. The zero-order chi connectivity index (χ0) is 16.1. The molecule has 1 amide bonds. The number of hydrazone groups is 1. The van der Waals surface area contributed by atoms with E-state index in [0.717, 1.165) is 11.3 Å². The minimum Gasteiger partial charge on any atom is -0.481 e. The second kappa shape index (κ2) is 7.17. The number of amides is 1. The van der Waals surface area contributed by atoms with Gasteiger partial charge in [-0.15, -0.1) is 11.8 Å². The third-order valence-corrected chi connectivity index (χ3v) is 4.25. The summed E-state index contributed by atoms with van der Waals surface area (Å²) < 4.78 is 0. The first-order valence-corrected chi connectivity index (χ1v) is 7.63. The van der Waals surface area contributed by atoms with Gasteiger partial charge in [0.2, 0.25) is 5.91 Å². The smallest absolute Gasteiger partial charge is 0.305 e. The highest BCUT2D eigenvalue weighted by molar-refractivity contribution is 8.01. The van der Waals surface area contributed by atoms with Gasteiger partial charge in [0, 0.05) is 19.8 Å². The fraction of sp³-hybridized carbons (Fsp3) is 0.357. The highest BCUT2D eigenvalue weighted by Crippen LogP contribution is 2.24. The number of nitrogens with zero attached hydrogens (tertiary/aromatic N) is 2. The largest absolute Gasteiger partial charge is 0.481 e. The SMILES string of the molecule is CN(C)c1ccc(/C=N\N[C@@H]2NC(=O)[C@@H](CC(=O)O)S2)cc1. The Balaban J connectivity index is 1.85. The quantitative estimate of drug-likeness (QED) is 0.526. The summed E-state index contributed by atoms with van der Waals surface area (Å²) in [6.07, 6.45) is 1.46. The Morgan fingerprint density at radius 1 is 1.45 bits per heavy atom. The fourth-order valence-electron chi connectivity index (χ4n) is 1.88. The first-order chi connectivity index (χ1) is 10.5. The van der Waals surface area contributed by atoms with Gasteiger partial charge in [0.05, 0.1) is 17.9 Å². The Labute approximate surface area is 132 Å². The van der Waals surface area contributed by atoms with E-state index in [1.807, 2.05) is 43.3 Å². The molecule has 2 rings (SSSR count). The maximum Gasteiger partial charge on any atom is 0.305 e. The summed E-state index contributed by atoms with van der Waals surface area (Å²) in [6, 6.07) is 7.84. The summed E-state index contributed by atoms with van der Waals surface area (Å²) in [5.41, 5.74) is 4.41. The number of benzene rings is 1. The van der Waals surface area contributed by atoms with Gasteiger partial charge >= 0.3 is 5.97 Å². The molecule has 1 aromatic rings. The molecular formula is C14H18N4O3S. The van der Waals surface area contributed by atoms with Crippen LogP contribution >= 0.6 is 11.8 Å². The van der Waals surface area contributed by atoms with Crippen molar-refractivity contribution in [2.45, 2.75) is 17.2 Å². The zero-order valence-electron chi connectivity index (χ0n) is 12.3. The molecule has 1 saturated heterocycles. The van der Waals surface area contributed by atoms with Crippen LogP contribution in [0.25, 0.3) is 0 Å². The van der Waals surface area contributed by atoms with Crippen molar-refractivity contribution in [1.82, 2.24) is 10.7 Å². The van der Waals surface area contributed by atoms with E-state index in [2.05, 4.69) is 15.8 Å². The van der Waals surface area contributed by atoms with E-state index in [1.54, 1.807) is 6.21 Å². The van der Waals surface area contributed by atoms with Crippen LogP contribution in [0.5, 0.6) is 0 Å². The van der Waals surface area contributed by atoms with Crippen LogP contribution in [-0.2, 0) is 9.59 Å². The number of carbonyl (C=O) groups is 2. The normalized spacial score (nSPS) is 20.9. The minimum absolute atomic E-state index is 0.190. The lowest BCUT2D eigenvalue weighted by molar-refractivity contribution is -0.138. The topological polar surface area (TPSA) is 94.0 Å². The third-order valence-electron chi connectivity index (χ3n) is 3.04. The number of thioether (sulfide) groups is 1. The Hall–Kier alpha value is -2.22. The molecule has 1 fully saturated rings. The monoisotopic (exact) mass is 322 g/mol. The van der Waals surface area contributed by atoms with Crippen molar-refractivity contribution < 1.29 is 14.7 Å². The Morgan fingerprint density at radius 3 is 2.73 bits per heavy atom. The van der Waals surface area contributed by atoms with Gasteiger partial charge in [-0.3, -0.25) is 15.0 Å². The molecule has 2 atom stereocenters. The van der Waals surface area contributed by atoms with Crippen molar-refractivity contribution in [2.75, 3.05) is 19.0 Å². The van der Waals surface area contributed by atoms with Crippen LogP contribution in [0.15, 0.2) is 29.4 Å². The van der Waals surface area contributed by atoms with Gasteiger partial charge in [-0.25, -0.2) is 0 Å². The van der Waals surface area contributed by atoms with Crippen LogP contribution < -0.4 is 15.6 Å². The lowest BCUT2D eigenvalue weighted by Gasteiger charge is -2.11. The molecule has 0 aliphatic carbocycles. The number of hydrogen-bond donors (Lipinski definition) is 3. The Kier molecular flexibility index (Phi) is 5.26. The number of anilines is 1. The lowest BCUT2D eigenvalue weighted by Crippen LogP contribution is -2.35. The summed E-state index contributed by atoms with van der Waals surface area (Å²) in [7, 11) is 3.94. The molecule has 118 valence electrons. The second-order valence-electron chi connectivity index (χ2n) is 4.98. The molecule has 7 nitrogen and oxygen atoms in total. The first kappa shape index (κ1) is 16.2.